The van der Waals surface area contributed by atoms with Crippen LogP contribution in [0.5, 0.6) is 0 Å². The summed E-state index contributed by atoms with van der Waals surface area (Å²) in [5.74, 6) is 0.297. The van der Waals surface area contributed by atoms with Crippen molar-refractivity contribution in [3.05, 3.63) is 21.4 Å². The highest BCUT2D eigenvalue weighted by molar-refractivity contribution is 7.14. The van der Waals surface area contributed by atoms with Crippen molar-refractivity contribution in [1.82, 2.24) is 10.2 Å². The number of nitrogens with one attached hydrogen (secondary N) is 1. The zero-order valence-electron chi connectivity index (χ0n) is 12.6. The molecule has 114 valence electrons. The van der Waals surface area contributed by atoms with Crippen molar-refractivity contribution in [3.63, 3.8) is 0 Å². The minimum Gasteiger partial charge on any atom is -0.333 e. The topological polar surface area (TPSA) is 32.3 Å². The highest BCUT2D eigenvalue weighted by Gasteiger charge is 2.36. The van der Waals surface area contributed by atoms with E-state index in [1.807, 2.05) is 0 Å². The van der Waals surface area contributed by atoms with E-state index in [9.17, 15) is 4.79 Å². The van der Waals surface area contributed by atoms with Crippen LogP contribution in [0.2, 0.25) is 0 Å². The molecule has 3 aliphatic rings. The fraction of sp³-hybridized carbons (Fsp3) is 0.706. The third-order valence-electron chi connectivity index (χ3n) is 5.33. The van der Waals surface area contributed by atoms with Gasteiger partial charge in [0.25, 0.3) is 5.91 Å². The van der Waals surface area contributed by atoms with Gasteiger partial charge in [0.1, 0.15) is 0 Å². The van der Waals surface area contributed by atoms with Crippen LogP contribution in [0, 0.1) is 0 Å². The molecule has 1 amide bonds. The zero-order valence-corrected chi connectivity index (χ0v) is 13.4. The van der Waals surface area contributed by atoms with Gasteiger partial charge in [-0.25, -0.2) is 0 Å². The van der Waals surface area contributed by atoms with Crippen LogP contribution in [-0.2, 0) is 12.8 Å². The quantitative estimate of drug-likeness (QED) is 0.911. The first-order valence-electron chi connectivity index (χ1n) is 8.49. The van der Waals surface area contributed by atoms with Crippen LogP contribution in [0.15, 0.2) is 6.07 Å². The van der Waals surface area contributed by atoms with Gasteiger partial charge < -0.3 is 10.2 Å². The standard InChI is InChI=1S/C17H24N2OS/c20-17(16-11-12-5-1-2-8-15(12)21-16)19-10-4-7-14(19)13-6-3-9-18-13/h11,13-14,18H,1-10H2. The molecule has 0 spiro atoms. The number of aryl methyl sites for hydroxylation is 2. The van der Waals surface area contributed by atoms with Crippen LogP contribution in [-0.4, -0.2) is 36.0 Å². The fourth-order valence-electron chi connectivity index (χ4n) is 4.24. The summed E-state index contributed by atoms with van der Waals surface area (Å²) in [5.41, 5.74) is 1.45. The summed E-state index contributed by atoms with van der Waals surface area (Å²) < 4.78 is 0. The molecule has 3 nitrogen and oxygen atoms in total. The van der Waals surface area contributed by atoms with E-state index < -0.39 is 0 Å². The highest BCUT2D eigenvalue weighted by atomic mass is 32.1. The largest absolute Gasteiger partial charge is 0.333 e. The number of hydrogen-bond acceptors (Lipinski definition) is 3. The third-order valence-corrected chi connectivity index (χ3v) is 6.56. The Morgan fingerprint density at radius 2 is 2.10 bits per heavy atom. The van der Waals surface area contributed by atoms with Crippen molar-refractivity contribution in [3.8, 4) is 0 Å². The summed E-state index contributed by atoms with van der Waals surface area (Å²) in [7, 11) is 0. The van der Waals surface area contributed by atoms with Crippen LogP contribution in [0.3, 0.4) is 0 Å². The van der Waals surface area contributed by atoms with Gasteiger partial charge >= 0.3 is 0 Å². The van der Waals surface area contributed by atoms with E-state index in [4.69, 9.17) is 0 Å². The highest BCUT2D eigenvalue weighted by Crippen LogP contribution is 2.33. The zero-order chi connectivity index (χ0) is 14.2. The molecule has 2 saturated heterocycles. The Bertz CT molecular complexity index is 509. The number of hydrogen-bond donors (Lipinski definition) is 1. The van der Waals surface area contributed by atoms with Gasteiger partial charge in [-0.2, -0.15) is 0 Å². The van der Waals surface area contributed by atoms with Crippen LogP contribution in [0.1, 0.15) is 58.6 Å². The molecule has 3 heterocycles. The monoisotopic (exact) mass is 304 g/mol. The minimum atomic E-state index is 0.297. The van der Waals surface area contributed by atoms with E-state index in [0.717, 1.165) is 18.0 Å². The summed E-state index contributed by atoms with van der Waals surface area (Å²) >= 11 is 1.76. The first-order valence-corrected chi connectivity index (χ1v) is 9.30. The average molecular weight is 304 g/mol. The summed E-state index contributed by atoms with van der Waals surface area (Å²) in [4.78, 5) is 17.6. The molecule has 21 heavy (non-hydrogen) atoms. The van der Waals surface area contributed by atoms with Crippen LogP contribution in [0.25, 0.3) is 0 Å². The average Bonchev–Trinajstić information content (AvgIpc) is 3.23. The van der Waals surface area contributed by atoms with Crippen molar-refractivity contribution in [1.29, 1.82) is 0 Å². The van der Waals surface area contributed by atoms with Crippen molar-refractivity contribution in [2.75, 3.05) is 13.1 Å². The molecule has 1 aromatic rings. The summed E-state index contributed by atoms with van der Waals surface area (Å²) in [6.07, 6.45) is 9.77. The van der Waals surface area contributed by atoms with Crippen LogP contribution in [0.4, 0.5) is 0 Å². The molecule has 2 atom stereocenters. The number of carbonyl (C=O) groups is 1. The fourth-order valence-corrected chi connectivity index (χ4v) is 5.45. The van der Waals surface area contributed by atoms with E-state index >= 15 is 0 Å². The molecule has 2 aliphatic heterocycles. The summed E-state index contributed by atoms with van der Waals surface area (Å²) in [6.45, 7) is 2.07. The molecule has 0 aromatic carbocycles. The molecule has 0 bridgehead atoms. The third kappa shape index (κ3) is 2.53. The molecule has 0 radical (unpaired) electrons. The number of amides is 1. The normalized spacial score (nSPS) is 28.9. The number of thiophene rings is 1. The molecular weight excluding hydrogens is 280 g/mol. The van der Waals surface area contributed by atoms with Crippen molar-refractivity contribution in [2.24, 2.45) is 0 Å². The van der Waals surface area contributed by atoms with E-state index in [0.29, 0.717) is 18.0 Å². The number of likely N-dealkylation sites (tertiary alicyclic amines) is 1. The van der Waals surface area contributed by atoms with E-state index in [2.05, 4.69) is 16.3 Å². The molecule has 1 aliphatic carbocycles. The maximum atomic E-state index is 12.9. The van der Waals surface area contributed by atoms with Gasteiger partial charge in [-0.15, -0.1) is 11.3 Å². The van der Waals surface area contributed by atoms with E-state index in [1.54, 1.807) is 11.3 Å². The number of carbonyl (C=O) groups excluding carboxylic acids is 1. The summed E-state index contributed by atoms with van der Waals surface area (Å²) in [6, 6.07) is 3.16. The lowest BCUT2D eigenvalue weighted by molar-refractivity contribution is 0.0716. The van der Waals surface area contributed by atoms with Gasteiger partial charge in [-0.3, -0.25) is 4.79 Å². The Morgan fingerprint density at radius 3 is 2.90 bits per heavy atom. The second kappa shape index (κ2) is 5.73. The van der Waals surface area contributed by atoms with E-state index in [1.165, 1.54) is 61.8 Å². The Hall–Kier alpha value is -0.870. The minimum absolute atomic E-state index is 0.297. The molecule has 0 saturated carbocycles. The number of nitrogens with zero attached hydrogens (tertiary/aromatic N) is 1. The molecule has 4 heteroatoms. The maximum absolute atomic E-state index is 12.9. The Kier molecular flexibility index (Phi) is 3.76. The molecule has 2 unspecified atom stereocenters. The second-order valence-electron chi connectivity index (χ2n) is 6.68. The summed E-state index contributed by atoms with van der Waals surface area (Å²) in [5, 5.41) is 3.59. The second-order valence-corrected chi connectivity index (χ2v) is 7.81. The van der Waals surface area contributed by atoms with Gasteiger partial charge in [0, 0.05) is 23.5 Å². The predicted molar refractivity (Wildman–Crippen MR) is 86.0 cm³/mol. The molecule has 1 N–H and O–H groups in total. The number of rotatable bonds is 2. The molecule has 4 rings (SSSR count). The van der Waals surface area contributed by atoms with Gasteiger partial charge in [0.15, 0.2) is 0 Å². The SMILES string of the molecule is O=C(c1cc2c(s1)CCCC2)N1CCCC1C1CCCN1. The molecular formula is C17H24N2OS. The maximum Gasteiger partial charge on any atom is 0.264 e. The Labute approximate surface area is 130 Å². The molecule has 2 fully saturated rings. The first kappa shape index (κ1) is 13.8. The smallest absolute Gasteiger partial charge is 0.264 e. The van der Waals surface area contributed by atoms with Crippen molar-refractivity contribution in [2.45, 2.75) is 63.5 Å². The van der Waals surface area contributed by atoms with Crippen molar-refractivity contribution < 1.29 is 4.79 Å². The van der Waals surface area contributed by atoms with Gasteiger partial charge in [0.2, 0.25) is 0 Å². The van der Waals surface area contributed by atoms with Gasteiger partial charge in [0.05, 0.1) is 4.88 Å². The first-order chi connectivity index (χ1) is 10.3. The lowest BCUT2D eigenvalue weighted by Gasteiger charge is -2.29. The lowest BCUT2D eigenvalue weighted by atomic mass is 9.99. The molecule has 1 aromatic heterocycles. The van der Waals surface area contributed by atoms with Crippen LogP contribution >= 0.6 is 11.3 Å². The Morgan fingerprint density at radius 1 is 1.19 bits per heavy atom. The predicted octanol–water partition coefficient (Wildman–Crippen LogP) is 2.98. The van der Waals surface area contributed by atoms with E-state index in [-0.39, 0.29) is 0 Å². The Balaban J connectivity index is 1.54. The van der Waals surface area contributed by atoms with Crippen LogP contribution < -0.4 is 5.32 Å². The van der Waals surface area contributed by atoms with Crippen molar-refractivity contribution >= 4 is 17.2 Å². The lowest BCUT2D eigenvalue weighted by Crippen LogP contribution is -2.46. The van der Waals surface area contributed by atoms with Gasteiger partial charge in [-0.1, -0.05) is 0 Å². The number of fused-ring (bicyclic) bond motifs is 1. The van der Waals surface area contributed by atoms with Gasteiger partial charge in [-0.05, 0) is 69.5 Å².